The molecule has 2 atom stereocenters. The Labute approximate surface area is 89.5 Å². The van der Waals surface area contributed by atoms with Crippen molar-refractivity contribution in [2.75, 3.05) is 0 Å². The molecule has 82 valence electrons. The van der Waals surface area contributed by atoms with Crippen molar-refractivity contribution in [3.63, 3.8) is 0 Å². The fourth-order valence-corrected chi connectivity index (χ4v) is 2.03. The van der Waals surface area contributed by atoms with E-state index in [4.69, 9.17) is 10.2 Å². The molecule has 0 radical (unpaired) electrons. The molecule has 2 unspecified atom stereocenters. The van der Waals surface area contributed by atoms with E-state index in [2.05, 4.69) is 9.44 Å². The SMILES string of the molecule is CC(NSSNC(C)C(=O)O)C(=O)O. The highest BCUT2D eigenvalue weighted by molar-refractivity contribution is 8.75. The molecule has 0 aliphatic rings. The van der Waals surface area contributed by atoms with Crippen LogP contribution in [0.25, 0.3) is 0 Å². The topological polar surface area (TPSA) is 98.7 Å². The number of hydrogen-bond acceptors (Lipinski definition) is 6. The first-order chi connectivity index (χ1) is 6.45. The molecular formula is C6H12N2O4S2. The summed E-state index contributed by atoms with van der Waals surface area (Å²) in [5.74, 6) is -1.91. The smallest absolute Gasteiger partial charge is 0.321 e. The van der Waals surface area contributed by atoms with E-state index in [-0.39, 0.29) is 0 Å². The molecular weight excluding hydrogens is 228 g/mol. The third-order valence-electron chi connectivity index (χ3n) is 1.23. The van der Waals surface area contributed by atoms with Gasteiger partial charge in [0.2, 0.25) is 0 Å². The van der Waals surface area contributed by atoms with E-state index < -0.39 is 24.0 Å². The molecule has 0 fully saturated rings. The number of rotatable bonds is 7. The monoisotopic (exact) mass is 240 g/mol. The Balaban J connectivity index is 3.47. The molecule has 0 spiro atoms. The van der Waals surface area contributed by atoms with Crippen LogP contribution < -0.4 is 9.44 Å². The van der Waals surface area contributed by atoms with Crippen LogP contribution in [0.15, 0.2) is 0 Å². The Hall–Kier alpha value is -0.440. The molecule has 0 aliphatic heterocycles. The van der Waals surface area contributed by atoms with E-state index in [0.717, 1.165) is 22.0 Å². The van der Waals surface area contributed by atoms with E-state index in [1.165, 1.54) is 13.8 Å². The molecule has 0 rings (SSSR count). The molecule has 0 saturated carbocycles. The van der Waals surface area contributed by atoms with Crippen LogP contribution in [0.5, 0.6) is 0 Å². The molecule has 0 amide bonds. The van der Waals surface area contributed by atoms with Gasteiger partial charge in [-0.05, 0) is 13.8 Å². The predicted octanol–water partition coefficient (Wildman–Crippen LogP) is 0.323. The third-order valence-corrected chi connectivity index (χ3v) is 3.04. The molecule has 4 N–H and O–H groups in total. The number of carboxylic acid groups (broad SMARTS) is 2. The van der Waals surface area contributed by atoms with Crippen LogP contribution in [0.1, 0.15) is 13.8 Å². The molecule has 6 nitrogen and oxygen atoms in total. The van der Waals surface area contributed by atoms with Crippen molar-refractivity contribution in [2.45, 2.75) is 25.9 Å². The number of aliphatic carboxylic acids is 2. The molecule has 0 aromatic carbocycles. The summed E-state index contributed by atoms with van der Waals surface area (Å²) in [5, 5.41) is 17.0. The lowest BCUT2D eigenvalue weighted by atomic mass is 10.4. The van der Waals surface area contributed by atoms with Crippen molar-refractivity contribution < 1.29 is 19.8 Å². The van der Waals surface area contributed by atoms with Crippen molar-refractivity contribution in [2.24, 2.45) is 0 Å². The summed E-state index contributed by atoms with van der Waals surface area (Å²) in [6.07, 6.45) is 0. The van der Waals surface area contributed by atoms with Crippen LogP contribution in [-0.4, -0.2) is 34.2 Å². The van der Waals surface area contributed by atoms with E-state index in [1.54, 1.807) is 0 Å². The van der Waals surface area contributed by atoms with Gasteiger partial charge in [-0.15, -0.1) is 0 Å². The predicted molar refractivity (Wildman–Crippen MR) is 55.6 cm³/mol. The van der Waals surface area contributed by atoms with Crippen molar-refractivity contribution >= 4 is 33.9 Å². The average molecular weight is 240 g/mol. The van der Waals surface area contributed by atoms with Gasteiger partial charge in [-0.2, -0.15) is 0 Å². The van der Waals surface area contributed by atoms with E-state index in [0.29, 0.717) is 0 Å². The summed E-state index contributed by atoms with van der Waals surface area (Å²) in [6, 6.07) is -1.34. The Bertz CT molecular complexity index is 192. The fourth-order valence-electron chi connectivity index (χ4n) is 0.293. The number of hydrogen-bond donors (Lipinski definition) is 4. The maximum atomic E-state index is 10.3. The first kappa shape index (κ1) is 13.6. The second kappa shape index (κ2) is 6.93. The fraction of sp³-hybridized carbons (Fsp3) is 0.667. The molecule has 0 aromatic heterocycles. The molecule has 0 aliphatic carbocycles. The molecule has 14 heavy (non-hydrogen) atoms. The normalized spacial score (nSPS) is 14.7. The van der Waals surface area contributed by atoms with Crippen LogP contribution in [0, 0.1) is 0 Å². The zero-order valence-electron chi connectivity index (χ0n) is 7.68. The van der Waals surface area contributed by atoms with Gasteiger partial charge in [-0.1, -0.05) is 0 Å². The summed E-state index contributed by atoms with van der Waals surface area (Å²) >= 11 is 0. The van der Waals surface area contributed by atoms with E-state index in [1.807, 2.05) is 0 Å². The van der Waals surface area contributed by atoms with Gasteiger partial charge >= 0.3 is 11.9 Å². The first-order valence-corrected chi connectivity index (χ1v) is 5.89. The van der Waals surface area contributed by atoms with Gasteiger partial charge in [0, 0.05) is 22.0 Å². The van der Waals surface area contributed by atoms with Gasteiger partial charge in [0.1, 0.15) is 12.1 Å². The average Bonchev–Trinajstić information content (AvgIpc) is 2.11. The molecule has 0 bridgehead atoms. The molecule has 8 heteroatoms. The van der Waals surface area contributed by atoms with Crippen LogP contribution in [0.2, 0.25) is 0 Å². The zero-order valence-corrected chi connectivity index (χ0v) is 9.32. The molecule has 0 saturated heterocycles. The summed E-state index contributed by atoms with van der Waals surface area (Å²) in [7, 11) is 2.09. The highest BCUT2D eigenvalue weighted by Gasteiger charge is 2.12. The number of carbonyl (C=O) groups is 2. The van der Waals surface area contributed by atoms with Gasteiger partial charge in [-0.3, -0.25) is 9.59 Å². The Kier molecular flexibility index (Phi) is 6.71. The Morgan fingerprint density at radius 2 is 1.29 bits per heavy atom. The van der Waals surface area contributed by atoms with Gasteiger partial charge < -0.3 is 10.2 Å². The number of nitrogens with one attached hydrogen (secondary N) is 2. The summed E-state index contributed by atoms with van der Waals surface area (Å²) < 4.78 is 5.20. The quantitative estimate of drug-likeness (QED) is 0.287. The van der Waals surface area contributed by atoms with Gasteiger partial charge in [0.25, 0.3) is 0 Å². The van der Waals surface area contributed by atoms with E-state index in [9.17, 15) is 9.59 Å². The van der Waals surface area contributed by atoms with Crippen molar-refractivity contribution in [1.29, 1.82) is 0 Å². The molecule has 0 heterocycles. The van der Waals surface area contributed by atoms with Crippen LogP contribution >= 0.6 is 22.0 Å². The second-order valence-electron chi connectivity index (χ2n) is 2.52. The minimum absolute atomic E-state index is 0.672. The van der Waals surface area contributed by atoms with Crippen LogP contribution in [-0.2, 0) is 9.59 Å². The minimum Gasteiger partial charge on any atom is -0.480 e. The summed E-state index contributed by atoms with van der Waals surface area (Å²) in [4.78, 5) is 20.7. The standard InChI is InChI=1S/C6H12N2O4S2/c1-3(5(9)10)7-13-14-8-4(2)6(11)12/h3-4,7-8H,1-2H3,(H,9,10)(H,11,12). The van der Waals surface area contributed by atoms with Gasteiger partial charge in [0.05, 0.1) is 0 Å². The lowest BCUT2D eigenvalue weighted by Gasteiger charge is -2.09. The van der Waals surface area contributed by atoms with Crippen molar-refractivity contribution in [3.8, 4) is 0 Å². The first-order valence-electron chi connectivity index (χ1n) is 3.74. The minimum atomic E-state index is -0.954. The highest BCUT2D eigenvalue weighted by atomic mass is 33.1. The zero-order chi connectivity index (χ0) is 11.1. The highest BCUT2D eigenvalue weighted by Crippen LogP contribution is 2.14. The van der Waals surface area contributed by atoms with Crippen LogP contribution in [0.3, 0.4) is 0 Å². The van der Waals surface area contributed by atoms with Gasteiger partial charge in [0.15, 0.2) is 0 Å². The van der Waals surface area contributed by atoms with Crippen molar-refractivity contribution in [3.05, 3.63) is 0 Å². The Morgan fingerprint density at radius 1 is 1.00 bits per heavy atom. The van der Waals surface area contributed by atoms with Gasteiger partial charge in [-0.25, -0.2) is 9.44 Å². The third kappa shape index (κ3) is 6.08. The largest absolute Gasteiger partial charge is 0.480 e. The lowest BCUT2D eigenvalue weighted by molar-refractivity contribution is -0.139. The maximum absolute atomic E-state index is 10.3. The number of carboxylic acids is 2. The molecule has 0 aromatic rings. The summed E-state index contributed by atoms with van der Waals surface area (Å²) in [6.45, 7) is 2.99. The maximum Gasteiger partial charge on any atom is 0.321 e. The van der Waals surface area contributed by atoms with Crippen molar-refractivity contribution in [1.82, 2.24) is 9.44 Å². The van der Waals surface area contributed by atoms with E-state index >= 15 is 0 Å². The second-order valence-corrected chi connectivity index (χ2v) is 4.33. The lowest BCUT2D eigenvalue weighted by Crippen LogP contribution is -2.30. The Morgan fingerprint density at radius 3 is 1.50 bits per heavy atom. The summed E-state index contributed by atoms with van der Waals surface area (Å²) in [5.41, 5.74) is 0. The van der Waals surface area contributed by atoms with Crippen LogP contribution in [0.4, 0.5) is 0 Å².